The van der Waals surface area contributed by atoms with E-state index in [1.165, 1.54) is 6.26 Å². The summed E-state index contributed by atoms with van der Waals surface area (Å²) in [6, 6.07) is 11.1. The summed E-state index contributed by atoms with van der Waals surface area (Å²) in [6.45, 7) is 1.19. The van der Waals surface area contributed by atoms with Gasteiger partial charge in [-0.3, -0.25) is 9.59 Å². The Hall–Kier alpha value is -2.76. The molecule has 2 N–H and O–H groups in total. The summed E-state index contributed by atoms with van der Waals surface area (Å²) in [5.41, 5.74) is 6.06. The van der Waals surface area contributed by atoms with Gasteiger partial charge in [-0.05, 0) is 31.0 Å². The van der Waals surface area contributed by atoms with Gasteiger partial charge in [0.25, 0.3) is 5.91 Å². The molecule has 126 valence electrons. The van der Waals surface area contributed by atoms with Crippen molar-refractivity contribution in [2.75, 3.05) is 13.1 Å². The number of hydrogen-bond donors (Lipinski definition) is 1. The van der Waals surface area contributed by atoms with E-state index in [4.69, 9.17) is 14.9 Å². The number of primary amides is 1. The van der Waals surface area contributed by atoms with E-state index in [1.54, 1.807) is 11.0 Å². The maximum absolute atomic E-state index is 12.7. The van der Waals surface area contributed by atoms with Crippen LogP contribution in [0.2, 0.25) is 0 Å². The fourth-order valence-corrected chi connectivity index (χ4v) is 2.85. The number of nitrogens with two attached hydrogens (primary N) is 1. The van der Waals surface area contributed by atoms with Gasteiger partial charge in [0, 0.05) is 18.7 Å². The lowest BCUT2D eigenvalue weighted by Gasteiger charge is -2.30. The summed E-state index contributed by atoms with van der Waals surface area (Å²) in [5.74, 6) is 0.110. The molecule has 0 aliphatic carbocycles. The summed E-state index contributed by atoms with van der Waals surface area (Å²) in [4.78, 5) is 25.7. The van der Waals surface area contributed by atoms with Gasteiger partial charge in [-0.1, -0.05) is 18.2 Å². The highest BCUT2D eigenvalue weighted by molar-refractivity contribution is 5.93. The molecule has 1 aliphatic heterocycles. The van der Waals surface area contributed by atoms with E-state index < -0.39 is 0 Å². The van der Waals surface area contributed by atoms with Crippen molar-refractivity contribution in [3.05, 3.63) is 54.0 Å². The van der Waals surface area contributed by atoms with Crippen LogP contribution in [0, 0.1) is 5.92 Å². The molecule has 3 rings (SSSR count). The summed E-state index contributed by atoms with van der Waals surface area (Å²) < 4.78 is 11.1. The van der Waals surface area contributed by atoms with Crippen LogP contribution < -0.4 is 10.5 Å². The largest absolute Gasteiger partial charge is 0.489 e. The molecule has 1 saturated heterocycles. The molecule has 1 aromatic heterocycles. The average Bonchev–Trinajstić information content (AvgIpc) is 3.09. The zero-order valence-electron chi connectivity index (χ0n) is 13.3. The number of amides is 2. The van der Waals surface area contributed by atoms with E-state index in [0.717, 1.165) is 18.6 Å². The van der Waals surface area contributed by atoms with Gasteiger partial charge >= 0.3 is 0 Å². The number of piperidine rings is 1. The van der Waals surface area contributed by atoms with E-state index in [2.05, 4.69) is 0 Å². The van der Waals surface area contributed by atoms with Gasteiger partial charge in [0.2, 0.25) is 5.91 Å². The molecule has 2 aromatic rings. The summed E-state index contributed by atoms with van der Waals surface area (Å²) in [6.07, 6.45) is 2.96. The Morgan fingerprint density at radius 3 is 2.79 bits per heavy atom. The van der Waals surface area contributed by atoms with Crippen LogP contribution in [0.1, 0.15) is 29.0 Å². The Labute approximate surface area is 140 Å². The fourth-order valence-electron chi connectivity index (χ4n) is 2.85. The molecule has 1 unspecified atom stereocenters. The number of ether oxygens (including phenoxy) is 1. The Morgan fingerprint density at radius 2 is 2.04 bits per heavy atom. The molecule has 1 aromatic carbocycles. The van der Waals surface area contributed by atoms with Crippen molar-refractivity contribution in [2.24, 2.45) is 11.7 Å². The number of para-hydroxylation sites is 1. The van der Waals surface area contributed by atoms with E-state index in [0.29, 0.717) is 18.7 Å². The first-order valence-corrected chi connectivity index (χ1v) is 7.98. The first-order valence-electron chi connectivity index (χ1n) is 7.98. The van der Waals surface area contributed by atoms with Crippen molar-refractivity contribution in [2.45, 2.75) is 19.4 Å². The van der Waals surface area contributed by atoms with Crippen molar-refractivity contribution in [1.82, 2.24) is 4.90 Å². The minimum Gasteiger partial charge on any atom is -0.489 e. The monoisotopic (exact) mass is 328 g/mol. The van der Waals surface area contributed by atoms with E-state index in [9.17, 15) is 9.59 Å². The molecule has 1 fully saturated rings. The van der Waals surface area contributed by atoms with Crippen LogP contribution in [0.25, 0.3) is 0 Å². The van der Waals surface area contributed by atoms with Gasteiger partial charge in [0.15, 0.2) is 5.76 Å². The Bertz CT molecular complexity index is 711. The van der Waals surface area contributed by atoms with Gasteiger partial charge in [0.05, 0.1) is 12.2 Å². The lowest BCUT2D eigenvalue weighted by atomic mass is 9.97. The standard InChI is InChI=1S/C18H20N2O4/c19-17(21)13-5-4-9-20(11-13)18(22)16-14(8-10-23-16)12-24-15-6-2-1-3-7-15/h1-3,6-8,10,13H,4-5,9,11-12H2,(H2,19,21). The van der Waals surface area contributed by atoms with Crippen LogP contribution in [0.4, 0.5) is 0 Å². The first-order chi connectivity index (χ1) is 11.6. The van der Waals surface area contributed by atoms with E-state index in [1.807, 2.05) is 30.3 Å². The number of rotatable bonds is 5. The van der Waals surface area contributed by atoms with Crippen molar-refractivity contribution >= 4 is 11.8 Å². The number of benzene rings is 1. The highest BCUT2D eigenvalue weighted by Crippen LogP contribution is 2.21. The first kappa shape index (κ1) is 16.1. The fraction of sp³-hybridized carbons (Fsp3) is 0.333. The normalized spacial score (nSPS) is 17.5. The third-order valence-corrected chi connectivity index (χ3v) is 4.19. The third-order valence-electron chi connectivity index (χ3n) is 4.19. The highest BCUT2D eigenvalue weighted by Gasteiger charge is 2.30. The van der Waals surface area contributed by atoms with Crippen LogP contribution >= 0.6 is 0 Å². The summed E-state index contributed by atoms with van der Waals surface area (Å²) in [5, 5.41) is 0. The SMILES string of the molecule is NC(=O)C1CCCN(C(=O)c2occc2COc2ccccc2)C1. The highest BCUT2D eigenvalue weighted by atomic mass is 16.5. The van der Waals surface area contributed by atoms with Gasteiger partial charge in [-0.2, -0.15) is 0 Å². The maximum atomic E-state index is 12.7. The van der Waals surface area contributed by atoms with Gasteiger partial charge < -0.3 is 19.8 Å². The van der Waals surface area contributed by atoms with Crippen molar-refractivity contribution in [3.8, 4) is 5.75 Å². The second-order valence-electron chi connectivity index (χ2n) is 5.87. The zero-order valence-corrected chi connectivity index (χ0v) is 13.3. The van der Waals surface area contributed by atoms with Crippen molar-refractivity contribution < 1.29 is 18.7 Å². The number of carbonyl (C=O) groups is 2. The molecule has 1 aliphatic rings. The third kappa shape index (κ3) is 3.59. The second kappa shape index (κ2) is 7.21. The summed E-state index contributed by atoms with van der Waals surface area (Å²) in [7, 11) is 0. The van der Waals surface area contributed by atoms with E-state index >= 15 is 0 Å². The smallest absolute Gasteiger partial charge is 0.289 e. The minimum absolute atomic E-state index is 0.224. The van der Waals surface area contributed by atoms with Crippen LogP contribution in [-0.4, -0.2) is 29.8 Å². The molecule has 0 radical (unpaired) electrons. The Balaban J connectivity index is 1.67. The maximum Gasteiger partial charge on any atom is 0.289 e. The topological polar surface area (TPSA) is 85.8 Å². The van der Waals surface area contributed by atoms with Gasteiger partial charge in [-0.25, -0.2) is 0 Å². The molecule has 0 saturated carbocycles. The molecule has 2 amide bonds. The Morgan fingerprint density at radius 1 is 1.25 bits per heavy atom. The predicted octanol–water partition coefficient (Wildman–Crippen LogP) is 2.20. The zero-order chi connectivity index (χ0) is 16.9. The summed E-state index contributed by atoms with van der Waals surface area (Å²) >= 11 is 0. The molecule has 24 heavy (non-hydrogen) atoms. The van der Waals surface area contributed by atoms with Crippen LogP contribution in [0.3, 0.4) is 0 Å². The molecule has 6 heteroatoms. The van der Waals surface area contributed by atoms with Gasteiger partial charge in [0.1, 0.15) is 12.4 Å². The average molecular weight is 328 g/mol. The number of hydrogen-bond acceptors (Lipinski definition) is 4. The molecule has 0 bridgehead atoms. The van der Waals surface area contributed by atoms with E-state index in [-0.39, 0.29) is 30.1 Å². The molecule has 2 heterocycles. The predicted molar refractivity (Wildman–Crippen MR) is 87.3 cm³/mol. The van der Waals surface area contributed by atoms with Crippen LogP contribution in [-0.2, 0) is 11.4 Å². The lowest BCUT2D eigenvalue weighted by Crippen LogP contribution is -2.44. The van der Waals surface area contributed by atoms with Crippen LogP contribution in [0.15, 0.2) is 47.1 Å². The number of furan rings is 1. The molecular weight excluding hydrogens is 308 g/mol. The quantitative estimate of drug-likeness (QED) is 0.911. The molecule has 0 spiro atoms. The van der Waals surface area contributed by atoms with Crippen molar-refractivity contribution in [1.29, 1.82) is 0 Å². The number of carbonyl (C=O) groups excluding carboxylic acids is 2. The number of nitrogens with zero attached hydrogens (tertiary/aromatic N) is 1. The minimum atomic E-state index is -0.362. The number of likely N-dealkylation sites (tertiary alicyclic amines) is 1. The second-order valence-corrected chi connectivity index (χ2v) is 5.87. The lowest BCUT2D eigenvalue weighted by molar-refractivity contribution is -0.123. The van der Waals surface area contributed by atoms with Crippen LogP contribution in [0.5, 0.6) is 5.75 Å². The molecular formula is C18H20N2O4. The van der Waals surface area contributed by atoms with Gasteiger partial charge in [-0.15, -0.1) is 0 Å². The molecule has 1 atom stereocenters. The van der Waals surface area contributed by atoms with Crippen molar-refractivity contribution in [3.63, 3.8) is 0 Å². The molecule has 6 nitrogen and oxygen atoms in total. The Kier molecular flexibility index (Phi) is 4.84.